The van der Waals surface area contributed by atoms with Gasteiger partial charge in [0.2, 0.25) is 0 Å². The number of rotatable bonds is 6. The molecule has 0 aromatic heterocycles. The summed E-state index contributed by atoms with van der Waals surface area (Å²) in [7, 11) is 0. The summed E-state index contributed by atoms with van der Waals surface area (Å²) < 4.78 is 11.2. The lowest BCUT2D eigenvalue weighted by Gasteiger charge is -2.25. The third-order valence-electron chi connectivity index (χ3n) is 4.17. The van der Waals surface area contributed by atoms with Gasteiger partial charge in [-0.05, 0) is 36.4 Å². The minimum absolute atomic E-state index is 0.101. The number of para-hydroxylation sites is 3. The van der Waals surface area contributed by atoms with Crippen LogP contribution in [-0.4, -0.2) is 25.2 Å². The zero-order valence-corrected chi connectivity index (χ0v) is 14.2. The largest absolute Gasteiger partial charge is 0.489 e. The third-order valence-corrected chi connectivity index (χ3v) is 4.17. The van der Waals surface area contributed by atoms with Crippen molar-refractivity contribution in [1.29, 1.82) is 0 Å². The second kappa shape index (κ2) is 7.42. The first-order valence-electron chi connectivity index (χ1n) is 8.61. The molecule has 0 radical (unpaired) electrons. The smallest absolute Gasteiger partial charge is 0.262 e. The van der Waals surface area contributed by atoms with Gasteiger partial charge in [-0.15, -0.1) is 0 Å². The maximum Gasteiger partial charge on any atom is 0.262 e. The molecule has 1 heterocycles. The molecule has 0 aliphatic carbocycles. The summed E-state index contributed by atoms with van der Waals surface area (Å²) in [5, 5.41) is 0. The fourth-order valence-corrected chi connectivity index (χ4v) is 2.76. The zero-order chi connectivity index (χ0) is 17.8. The van der Waals surface area contributed by atoms with Crippen LogP contribution >= 0.6 is 0 Å². The molecule has 4 nitrogen and oxygen atoms in total. The number of amides is 1. The van der Waals surface area contributed by atoms with Crippen molar-refractivity contribution in [3.63, 3.8) is 0 Å². The molecule has 1 amide bonds. The third kappa shape index (κ3) is 3.60. The molecule has 26 heavy (non-hydrogen) atoms. The fraction of sp³-hybridized carbons (Fsp3) is 0.136. The van der Waals surface area contributed by atoms with Crippen molar-refractivity contribution in [2.75, 3.05) is 18.1 Å². The molecule has 4 rings (SSSR count). The molecular formula is C22H19NO3. The molecule has 1 saturated heterocycles. The van der Waals surface area contributed by atoms with Gasteiger partial charge >= 0.3 is 0 Å². The number of nitrogens with zero attached hydrogens (tertiary/aromatic N) is 1. The van der Waals surface area contributed by atoms with E-state index in [1.54, 1.807) is 4.90 Å². The van der Waals surface area contributed by atoms with E-state index in [0.717, 1.165) is 12.3 Å². The molecule has 1 atom stereocenters. The molecule has 1 unspecified atom stereocenters. The molecule has 0 saturated carbocycles. The number of epoxide rings is 1. The van der Waals surface area contributed by atoms with E-state index in [1.807, 2.05) is 84.9 Å². The second-order valence-electron chi connectivity index (χ2n) is 6.08. The number of anilines is 2. The van der Waals surface area contributed by atoms with Gasteiger partial charge in [-0.3, -0.25) is 9.69 Å². The van der Waals surface area contributed by atoms with Crippen molar-refractivity contribution in [2.45, 2.75) is 6.10 Å². The van der Waals surface area contributed by atoms with Crippen molar-refractivity contribution < 1.29 is 14.3 Å². The standard InChI is InChI=1S/C22H19NO3/c24-22(17-9-3-1-4-10-17)23(18-11-5-2-6-12-18)20-13-7-8-14-21(20)26-16-19-15-25-19/h1-14,19H,15-16H2. The van der Waals surface area contributed by atoms with Crippen LogP contribution in [0.3, 0.4) is 0 Å². The van der Waals surface area contributed by atoms with Crippen LogP contribution in [0.2, 0.25) is 0 Å². The first-order chi connectivity index (χ1) is 12.8. The Morgan fingerprint density at radius 1 is 0.923 bits per heavy atom. The van der Waals surface area contributed by atoms with Crippen molar-refractivity contribution in [1.82, 2.24) is 0 Å². The highest BCUT2D eigenvalue weighted by Crippen LogP contribution is 2.35. The van der Waals surface area contributed by atoms with Crippen molar-refractivity contribution in [3.05, 3.63) is 90.5 Å². The lowest BCUT2D eigenvalue weighted by Crippen LogP contribution is -2.26. The Balaban J connectivity index is 1.75. The van der Waals surface area contributed by atoms with Gasteiger partial charge < -0.3 is 9.47 Å². The number of benzene rings is 3. The van der Waals surface area contributed by atoms with Gasteiger partial charge in [0.25, 0.3) is 5.91 Å². The Bertz CT molecular complexity index is 876. The van der Waals surface area contributed by atoms with Crippen molar-refractivity contribution in [2.24, 2.45) is 0 Å². The van der Waals surface area contributed by atoms with Gasteiger partial charge in [-0.1, -0.05) is 48.5 Å². The predicted molar refractivity (Wildman–Crippen MR) is 101 cm³/mol. The first-order valence-corrected chi connectivity index (χ1v) is 8.61. The monoisotopic (exact) mass is 345 g/mol. The Hall–Kier alpha value is -3.11. The molecule has 1 fully saturated rings. The number of hydrogen-bond donors (Lipinski definition) is 0. The number of hydrogen-bond acceptors (Lipinski definition) is 3. The highest BCUT2D eigenvalue weighted by atomic mass is 16.6. The van der Waals surface area contributed by atoms with Gasteiger partial charge in [0, 0.05) is 11.3 Å². The number of carbonyl (C=O) groups is 1. The molecule has 1 aliphatic rings. The molecule has 1 aliphatic heterocycles. The lowest BCUT2D eigenvalue weighted by atomic mass is 10.1. The van der Waals surface area contributed by atoms with Gasteiger partial charge in [0.05, 0.1) is 12.3 Å². The van der Waals surface area contributed by atoms with Crippen LogP contribution < -0.4 is 9.64 Å². The Morgan fingerprint density at radius 2 is 1.54 bits per heavy atom. The van der Waals surface area contributed by atoms with Crippen molar-refractivity contribution >= 4 is 17.3 Å². The average Bonchev–Trinajstić information content (AvgIpc) is 3.53. The molecule has 0 bridgehead atoms. The normalized spacial score (nSPS) is 15.3. The first kappa shape index (κ1) is 16.4. The van der Waals surface area contributed by atoms with Gasteiger partial charge in [0.1, 0.15) is 18.5 Å². The SMILES string of the molecule is O=C(c1ccccc1)N(c1ccccc1)c1ccccc1OCC1CO1. The Labute approximate surface area is 152 Å². The highest BCUT2D eigenvalue weighted by molar-refractivity contribution is 6.11. The van der Waals surface area contributed by atoms with Gasteiger partial charge in [-0.2, -0.15) is 0 Å². The summed E-state index contributed by atoms with van der Waals surface area (Å²) in [5.41, 5.74) is 2.13. The zero-order valence-electron chi connectivity index (χ0n) is 14.2. The average molecular weight is 345 g/mol. The van der Waals surface area contributed by atoms with Crippen LogP contribution in [0.4, 0.5) is 11.4 Å². The van der Waals surface area contributed by atoms with E-state index < -0.39 is 0 Å². The van der Waals surface area contributed by atoms with E-state index >= 15 is 0 Å². The number of ether oxygens (including phenoxy) is 2. The maximum absolute atomic E-state index is 13.3. The van der Waals surface area contributed by atoms with Gasteiger partial charge in [0.15, 0.2) is 0 Å². The fourth-order valence-electron chi connectivity index (χ4n) is 2.76. The summed E-state index contributed by atoms with van der Waals surface area (Å²) >= 11 is 0. The minimum Gasteiger partial charge on any atom is -0.489 e. The Morgan fingerprint density at radius 3 is 2.23 bits per heavy atom. The van der Waals surface area contributed by atoms with Crippen LogP contribution in [0, 0.1) is 0 Å². The van der Waals surface area contributed by atoms with E-state index in [2.05, 4.69) is 0 Å². The van der Waals surface area contributed by atoms with E-state index in [1.165, 1.54) is 0 Å². The Kier molecular flexibility index (Phi) is 4.67. The number of carbonyl (C=O) groups excluding carboxylic acids is 1. The highest BCUT2D eigenvalue weighted by Gasteiger charge is 2.26. The topological polar surface area (TPSA) is 42.1 Å². The molecular weight excluding hydrogens is 326 g/mol. The van der Waals surface area contributed by atoms with Crippen LogP contribution in [0.5, 0.6) is 5.75 Å². The van der Waals surface area contributed by atoms with Crippen LogP contribution in [0.1, 0.15) is 10.4 Å². The summed E-state index contributed by atoms with van der Waals surface area (Å²) in [6, 6.07) is 26.5. The lowest BCUT2D eigenvalue weighted by molar-refractivity contribution is 0.0998. The summed E-state index contributed by atoms with van der Waals surface area (Å²) in [5.74, 6) is 0.562. The van der Waals surface area contributed by atoms with E-state index in [4.69, 9.17) is 9.47 Å². The van der Waals surface area contributed by atoms with Crippen LogP contribution in [0.15, 0.2) is 84.9 Å². The van der Waals surface area contributed by atoms with Gasteiger partial charge in [-0.25, -0.2) is 0 Å². The maximum atomic E-state index is 13.3. The molecule has 3 aromatic carbocycles. The summed E-state index contributed by atoms with van der Waals surface area (Å²) in [6.45, 7) is 1.21. The molecule has 4 heteroatoms. The molecule has 0 N–H and O–H groups in total. The molecule has 3 aromatic rings. The van der Waals surface area contributed by atoms with Crippen molar-refractivity contribution in [3.8, 4) is 5.75 Å². The predicted octanol–water partition coefficient (Wildman–Crippen LogP) is 4.44. The van der Waals surface area contributed by atoms with E-state index in [0.29, 0.717) is 23.6 Å². The summed E-state index contributed by atoms with van der Waals surface area (Å²) in [4.78, 5) is 15.0. The quantitative estimate of drug-likeness (QED) is 0.620. The molecule has 130 valence electrons. The molecule has 0 spiro atoms. The van der Waals surface area contributed by atoms with Crippen LogP contribution in [-0.2, 0) is 4.74 Å². The van der Waals surface area contributed by atoms with E-state index in [-0.39, 0.29) is 12.0 Å². The second-order valence-corrected chi connectivity index (χ2v) is 6.08. The summed E-state index contributed by atoms with van der Waals surface area (Å²) in [6.07, 6.45) is 0.151. The van der Waals surface area contributed by atoms with E-state index in [9.17, 15) is 4.79 Å². The van der Waals surface area contributed by atoms with Crippen LogP contribution in [0.25, 0.3) is 0 Å². The minimum atomic E-state index is -0.101.